The van der Waals surface area contributed by atoms with Crippen LogP contribution in [0.15, 0.2) is 29.3 Å². The lowest BCUT2D eigenvalue weighted by Crippen LogP contribution is -2.50. The molecule has 0 radical (unpaired) electrons. The minimum Gasteiger partial charge on any atom is -0.453 e. The van der Waals surface area contributed by atoms with Crippen molar-refractivity contribution in [2.75, 3.05) is 28.7 Å². The van der Waals surface area contributed by atoms with Crippen molar-refractivity contribution < 1.29 is 48.4 Å². The van der Waals surface area contributed by atoms with E-state index in [4.69, 9.17) is 9.73 Å². The zero-order valence-corrected chi connectivity index (χ0v) is 32.2. The summed E-state index contributed by atoms with van der Waals surface area (Å²) in [5.41, 5.74) is 2.10. The Labute approximate surface area is 300 Å². The van der Waals surface area contributed by atoms with Crippen molar-refractivity contribution in [1.29, 1.82) is 0 Å². The molecule has 3 N–H and O–H groups in total. The average molecular weight is 853 g/mol. The Morgan fingerprint density at radius 3 is 2.10 bits per heavy atom. The quantitative estimate of drug-likeness (QED) is 0.129. The van der Waals surface area contributed by atoms with Crippen LogP contribution in [0, 0.1) is 5.41 Å². The minimum absolute atomic E-state index is 0.0283. The Balaban J connectivity index is 1.69. The number of fused-ring (bicyclic) bond motifs is 4. The first-order chi connectivity index (χ1) is 22.4. The normalized spacial score (nSPS) is 21.1. The van der Waals surface area contributed by atoms with E-state index in [0.29, 0.717) is 83.2 Å². The van der Waals surface area contributed by atoms with E-state index in [9.17, 15) is 43.7 Å². The van der Waals surface area contributed by atoms with Crippen molar-refractivity contribution in [2.24, 2.45) is 10.4 Å². The third-order valence-electron chi connectivity index (χ3n) is 9.65. The summed E-state index contributed by atoms with van der Waals surface area (Å²) in [6.45, 7) is 8.32. The zero-order valence-electron chi connectivity index (χ0n) is 27.6. The van der Waals surface area contributed by atoms with Crippen molar-refractivity contribution in [1.82, 2.24) is 0 Å². The topological polar surface area (TPSA) is 205 Å². The summed E-state index contributed by atoms with van der Waals surface area (Å²) in [7, 11) is -12.9. The van der Waals surface area contributed by atoms with Crippen molar-refractivity contribution in [3.63, 3.8) is 0 Å². The van der Waals surface area contributed by atoms with E-state index in [2.05, 4.69) is 4.90 Å². The Bertz CT molecular complexity index is 2150. The molecular formula is C32H41IN2O11S3. The predicted molar refractivity (Wildman–Crippen MR) is 193 cm³/mol. The summed E-state index contributed by atoms with van der Waals surface area (Å²) < 4.78 is 107. The van der Waals surface area contributed by atoms with Crippen molar-refractivity contribution in [3.05, 3.63) is 46.0 Å². The second-order valence-corrected chi connectivity index (χ2v) is 20.2. The lowest BCUT2D eigenvalue weighted by Gasteiger charge is -2.48. The van der Waals surface area contributed by atoms with Crippen LogP contribution in [0.4, 0.5) is 11.4 Å². The molecule has 2 unspecified atom stereocenters. The Kier molecular flexibility index (Phi) is 10.4. The number of hydrogen-bond acceptors (Lipinski definition) is 10. The lowest BCUT2D eigenvalue weighted by atomic mass is 9.68. The number of rotatable bonds is 12. The van der Waals surface area contributed by atoms with E-state index in [1.165, 1.54) is 0 Å². The highest BCUT2D eigenvalue weighted by Gasteiger charge is 2.41. The Morgan fingerprint density at radius 1 is 0.878 bits per heavy atom. The highest BCUT2D eigenvalue weighted by molar-refractivity contribution is 14.1. The second-order valence-electron chi connectivity index (χ2n) is 14.5. The summed E-state index contributed by atoms with van der Waals surface area (Å²) in [5.74, 6) is -1.87. The number of carbonyl (C=O) groups is 1. The van der Waals surface area contributed by atoms with Crippen LogP contribution in [0.2, 0.25) is 0 Å². The minimum atomic E-state index is -4.38. The summed E-state index contributed by atoms with van der Waals surface area (Å²) in [6, 6.07) is 7.02. The Hall–Kier alpha value is -2.16. The molecule has 0 aromatic heterocycles. The highest BCUT2D eigenvalue weighted by atomic mass is 127. The SMILES string of the molecule is CC1(C)CC(CS(=O)(=O)O)c2cc3c(cc2=C1CCCS(=O)(=O)O)Oc1cc2c(cc1N=3)C(CS(=O)(=O)O)CC(C)(C)N2CCCC(=O)I. The number of nitrogens with zero attached hydrogens (tertiary/aromatic N) is 2. The number of ether oxygens (including phenoxy) is 1. The highest BCUT2D eigenvalue weighted by Crippen LogP contribution is 2.50. The molecule has 17 heteroatoms. The van der Waals surface area contributed by atoms with Crippen LogP contribution in [-0.4, -0.2) is 72.0 Å². The molecule has 1 aliphatic carbocycles. The zero-order chi connectivity index (χ0) is 36.3. The molecule has 0 fully saturated rings. The van der Waals surface area contributed by atoms with Crippen LogP contribution in [0.5, 0.6) is 11.5 Å². The molecule has 0 saturated carbocycles. The predicted octanol–water partition coefficient (Wildman–Crippen LogP) is 4.67. The summed E-state index contributed by atoms with van der Waals surface area (Å²) in [4.78, 5) is 18.7. The van der Waals surface area contributed by atoms with Gasteiger partial charge in [-0.05, 0) is 109 Å². The largest absolute Gasteiger partial charge is 0.453 e. The van der Waals surface area contributed by atoms with Gasteiger partial charge in [0.1, 0.15) is 11.0 Å². The number of anilines is 1. The second kappa shape index (κ2) is 13.4. The van der Waals surface area contributed by atoms with Gasteiger partial charge in [0, 0.05) is 42.1 Å². The summed E-state index contributed by atoms with van der Waals surface area (Å²) in [6.07, 6.45) is 2.13. The number of carbonyl (C=O) groups excluding carboxylic acids is 1. The molecule has 0 amide bonds. The standard InChI is InChI=1S/C32H41IN2O11S3/c1-31(2)15-19(17-48(40,41)42)21-11-25-28(13-23(21)24(31)7-6-10-47(37,38)39)46-29-14-27-22(12-26(29)34-25)20(18-49(43,44)45)16-32(3,4)35(27)9-5-8-30(33)36/h11-14,19-20H,5-10,15-18H2,1-4H3,(H,37,38,39)(H,40,41,42)(H,43,44,45). The summed E-state index contributed by atoms with van der Waals surface area (Å²) in [5, 5.41) is 1.05. The first-order valence-electron chi connectivity index (χ1n) is 15.9. The van der Waals surface area contributed by atoms with Gasteiger partial charge in [-0.1, -0.05) is 19.4 Å². The molecule has 2 aromatic carbocycles. The molecule has 13 nitrogen and oxygen atoms in total. The molecule has 49 heavy (non-hydrogen) atoms. The van der Waals surface area contributed by atoms with E-state index >= 15 is 0 Å². The maximum Gasteiger partial charge on any atom is 0.265 e. The van der Waals surface area contributed by atoms with Crippen LogP contribution in [-0.2, 0) is 35.1 Å². The molecule has 2 aliphatic heterocycles. The number of benzene rings is 2. The lowest BCUT2D eigenvalue weighted by molar-refractivity contribution is -0.109. The van der Waals surface area contributed by atoms with Crippen molar-refractivity contribution in [3.8, 4) is 11.5 Å². The summed E-state index contributed by atoms with van der Waals surface area (Å²) >= 11 is 1.76. The maximum atomic E-state index is 12.1. The van der Waals surface area contributed by atoms with Crippen LogP contribution < -0.4 is 20.2 Å². The van der Waals surface area contributed by atoms with Crippen molar-refractivity contribution >= 4 is 73.7 Å². The molecule has 2 aromatic rings. The molecular weight excluding hydrogens is 811 g/mol. The smallest absolute Gasteiger partial charge is 0.265 e. The molecule has 5 rings (SSSR count). The van der Waals surface area contributed by atoms with Gasteiger partial charge in [-0.25, -0.2) is 4.99 Å². The first-order valence-corrected chi connectivity index (χ1v) is 21.8. The maximum absolute atomic E-state index is 12.1. The number of hydrogen-bond donors (Lipinski definition) is 3. The van der Waals surface area contributed by atoms with Crippen LogP contribution in [0.25, 0.3) is 5.57 Å². The van der Waals surface area contributed by atoms with E-state index in [-0.39, 0.29) is 10.2 Å². The third kappa shape index (κ3) is 9.02. The monoisotopic (exact) mass is 852 g/mol. The van der Waals surface area contributed by atoms with Crippen molar-refractivity contribution in [2.45, 2.75) is 83.6 Å². The molecule has 270 valence electrons. The van der Waals surface area contributed by atoms with Gasteiger partial charge in [0.15, 0.2) is 15.3 Å². The van der Waals surface area contributed by atoms with Gasteiger partial charge in [0.05, 0.1) is 17.3 Å². The van der Waals surface area contributed by atoms with E-state index in [0.717, 1.165) is 5.57 Å². The molecule has 2 heterocycles. The molecule has 2 atom stereocenters. The molecule has 0 bridgehead atoms. The van der Waals surface area contributed by atoms with E-state index < -0.39 is 70.4 Å². The fourth-order valence-corrected chi connectivity index (χ4v) is 10.3. The van der Waals surface area contributed by atoms with Gasteiger partial charge in [0.2, 0.25) is 0 Å². The van der Waals surface area contributed by atoms with E-state index in [1.807, 2.05) is 27.7 Å². The molecule has 3 aliphatic rings. The average Bonchev–Trinajstić information content (AvgIpc) is 2.91. The fraction of sp³-hybridized carbons (Fsp3) is 0.562. The fourth-order valence-electron chi connectivity index (χ4n) is 7.78. The van der Waals surface area contributed by atoms with Gasteiger partial charge < -0.3 is 9.64 Å². The van der Waals surface area contributed by atoms with Gasteiger partial charge >= 0.3 is 0 Å². The third-order valence-corrected chi connectivity index (χ3v) is 12.6. The van der Waals surface area contributed by atoms with Gasteiger partial charge in [-0.2, -0.15) is 25.3 Å². The number of halogens is 1. The molecule has 0 saturated heterocycles. The van der Waals surface area contributed by atoms with Crippen LogP contribution in [0.1, 0.15) is 89.2 Å². The van der Waals surface area contributed by atoms with Gasteiger partial charge in [0.25, 0.3) is 30.4 Å². The Morgan fingerprint density at radius 2 is 1.51 bits per heavy atom. The molecule has 0 spiro atoms. The van der Waals surface area contributed by atoms with Crippen LogP contribution >= 0.6 is 22.6 Å². The van der Waals surface area contributed by atoms with Crippen LogP contribution in [0.3, 0.4) is 0 Å². The van der Waals surface area contributed by atoms with E-state index in [1.54, 1.807) is 46.9 Å². The van der Waals surface area contributed by atoms with Gasteiger partial charge in [-0.15, -0.1) is 0 Å². The van der Waals surface area contributed by atoms with Gasteiger partial charge in [-0.3, -0.25) is 18.5 Å². The first kappa shape index (κ1) is 38.1.